The first kappa shape index (κ1) is 92.4. The van der Waals surface area contributed by atoms with Crippen molar-refractivity contribution < 1.29 is 38.0 Å². The maximum atomic E-state index is 12.9. The molecule has 1 amide bonds. The van der Waals surface area contributed by atoms with Crippen molar-refractivity contribution in [3.05, 3.63) is 307 Å². The Bertz CT molecular complexity index is 6020. The van der Waals surface area contributed by atoms with Crippen LogP contribution in [0.4, 0.5) is 4.79 Å². The molecule has 0 saturated heterocycles. The summed E-state index contributed by atoms with van der Waals surface area (Å²) >= 11 is 0. The number of unbranched alkanes of at least 4 members (excludes halogenated alkanes) is 1. The molecule has 28 nitrogen and oxygen atoms in total. The second kappa shape index (κ2) is 39.5. The van der Waals surface area contributed by atoms with Crippen molar-refractivity contribution in [2.24, 2.45) is 21.1 Å². The van der Waals surface area contributed by atoms with E-state index >= 15 is 0 Å². The summed E-state index contributed by atoms with van der Waals surface area (Å²) in [6.45, 7) is 28.9. The number of nitrogens with zero attached hydrogens (tertiary/aromatic N) is 19. The van der Waals surface area contributed by atoms with Gasteiger partial charge in [0.2, 0.25) is 0 Å². The number of hydrogen-bond acceptors (Lipinski definition) is 21. The molecule has 1 N–H and O–H groups in total. The van der Waals surface area contributed by atoms with E-state index in [0.29, 0.717) is 125 Å². The third-order valence-electron chi connectivity index (χ3n) is 23.9. The Morgan fingerprint density at radius 3 is 1.05 bits per heavy atom. The van der Waals surface area contributed by atoms with E-state index in [1.807, 2.05) is 156 Å². The first-order valence-corrected chi connectivity index (χ1v) is 44.9. The first-order valence-electron chi connectivity index (χ1n) is 44.9. The molecule has 1 aliphatic carbocycles. The predicted molar refractivity (Wildman–Crippen MR) is 505 cm³/mol. The van der Waals surface area contributed by atoms with Gasteiger partial charge in [-0.15, -0.1) is 15.3 Å². The summed E-state index contributed by atoms with van der Waals surface area (Å²) in [5, 5.41) is 32.2. The number of methoxy groups -OCH3 is 3. The SMILES string of the molecule is COc1c2cc(-n3cc(CN(C)Cc4ccccn4)nn3)cc1Cc1cc(C(C)(C)C)cc(c1OCc1nccn1C)Cc1cc(-n3nncc3CCCCNC(=O)OC(C)(C)C)cc(c1OC)Cc1cc(C(C)(C)C)cc(c1OCc1nccn1C)Cc1cc(-n3cc(CN(C)Cc4ccccn4)nn3)cc(c1OC)Cc1cc(C(C)(C)C)cc(c1OCc1nccn1C)C2. The third kappa shape index (κ3) is 22.6. The van der Waals surface area contributed by atoms with Crippen LogP contribution in [0.1, 0.15) is 225 Å². The van der Waals surface area contributed by atoms with Gasteiger partial charge >= 0.3 is 6.09 Å². The van der Waals surface area contributed by atoms with Gasteiger partial charge in [-0.05, 0) is 181 Å². The quantitative estimate of drug-likeness (QED) is 0.0446. The highest BCUT2D eigenvalue weighted by Gasteiger charge is 2.32. The number of carbonyl (C=O) groups is 1. The number of amides is 1. The Balaban J connectivity index is 1.00. The van der Waals surface area contributed by atoms with Gasteiger partial charge in [0.1, 0.15) is 77.4 Å². The van der Waals surface area contributed by atoms with Gasteiger partial charge in [0.05, 0.1) is 85.5 Å². The number of benzene rings is 6. The minimum Gasteiger partial charge on any atom is -0.496 e. The van der Waals surface area contributed by atoms with Crippen LogP contribution in [0.25, 0.3) is 17.1 Å². The van der Waals surface area contributed by atoms with Crippen molar-refractivity contribution in [1.29, 1.82) is 0 Å². The number of pyridine rings is 2. The number of ether oxygens (including phenoxy) is 7. The topological polar surface area (TPSA) is 272 Å². The van der Waals surface area contributed by atoms with Crippen LogP contribution in [0, 0.1) is 0 Å². The molecule has 0 spiro atoms. The van der Waals surface area contributed by atoms with E-state index in [1.54, 1.807) is 39.9 Å². The van der Waals surface area contributed by atoms with E-state index in [2.05, 4.69) is 179 Å². The lowest BCUT2D eigenvalue weighted by atomic mass is 9.81. The van der Waals surface area contributed by atoms with E-state index in [0.717, 1.165) is 146 Å². The largest absolute Gasteiger partial charge is 0.496 e. The maximum absolute atomic E-state index is 12.9. The fourth-order valence-corrected chi connectivity index (χ4v) is 17.1. The maximum Gasteiger partial charge on any atom is 0.407 e. The van der Waals surface area contributed by atoms with Crippen LogP contribution in [-0.2, 0) is 133 Å². The zero-order valence-corrected chi connectivity index (χ0v) is 79.5. The number of carbonyl (C=O) groups excluding carboxylic acids is 1. The normalized spacial score (nSPS) is 12.7. The molecule has 0 saturated carbocycles. The minimum atomic E-state index is -0.636. The van der Waals surface area contributed by atoms with Crippen molar-refractivity contribution in [2.75, 3.05) is 42.0 Å². The summed E-state index contributed by atoms with van der Waals surface area (Å²) in [7, 11) is 15.4. The number of nitrogens with one attached hydrogen (secondary N) is 1. The fraction of sp³-hybridized carbons (Fsp3) is 0.398. The number of aryl methyl sites for hydroxylation is 4. The van der Waals surface area contributed by atoms with Crippen molar-refractivity contribution in [3.63, 3.8) is 0 Å². The van der Waals surface area contributed by atoms with Crippen LogP contribution >= 0.6 is 0 Å². The highest BCUT2D eigenvalue weighted by atomic mass is 16.6. The van der Waals surface area contributed by atoms with E-state index in [9.17, 15) is 4.79 Å². The number of hydrogen-bond donors (Lipinski definition) is 1. The minimum absolute atomic E-state index is 0.139. The summed E-state index contributed by atoms with van der Waals surface area (Å²) in [5.74, 6) is 6.26. The van der Waals surface area contributed by atoms with Gasteiger partial charge in [0.15, 0.2) is 0 Å². The van der Waals surface area contributed by atoms with Gasteiger partial charge in [-0.1, -0.05) is 126 Å². The van der Waals surface area contributed by atoms with Crippen LogP contribution < -0.4 is 33.7 Å². The Morgan fingerprint density at radius 1 is 0.405 bits per heavy atom. The highest BCUT2D eigenvalue weighted by Crippen LogP contribution is 2.46. The Labute approximate surface area is 768 Å². The number of fused-ring (bicyclic) bond motifs is 12. The van der Waals surface area contributed by atoms with Crippen LogP contribution in [0.3, 0.4) is 0 Å². The average Bonchev–Trinajstić information content (AvgIpc) is 1.27. The van der Waals surface area contributed by atoms with E-state index in [1.165, 1.54) is 0 Å². The van der Waals surface area contributed by atoms with Gasteiger partial charge in [-0.25, -0.2) is 33.8 Å². The molecular weight excluding hydrogens is 1650 g/mol. The molecular formula is C103H124N20O8. The number of rotatable bonds is 28. The van der Waals surface area contributed by atoms with Crippen molar-refractivity contribution in [3.8, 4) is 51.6 Å². The molecule has 8 heterocycles. The van der Waals surface area contributed by atoms with Gasteiger partial charge in [-0.3, -0.25) is 19.8 Å². The summed E-state index contributed by atoms with van der Waals surface area (Å²) in [5.41, 5.74) is 18.7. The smallest absolute Gasteiger partial charge is 0.407 e. The molecule has 131 heavy (non-hydrogen) atoms. The van der Waals surface area contributed by atoms with Gasteiger partial charge in [0, 0.05) is 175 Å². The molecule has 0 radical (unpaired) electrons. The van der Waals surface area contributed by atoms with Crippen molar-refractivity contribution in [2.45, 2.75) is 209 Å². The molecule has 1 aliphatic rings. The molecule has 14 aromatic rings. The van der Waals surface area contributed by atoms with Crippen LogP contribution in [0.15, 0.2) is 177 Å². The standard InChI is InChI=1S/C103H124N20O8/c1-100(2,3)79-45-67-39-73-51-87(121-62-84(111-114-121)60-116(13)58-82-27-21-24-30-104-82)53-75(93(73)125-18)41-69-47-80(101(4,5)6)49-71(97(69)129-65-91-107-34-37-119(91)16)43-77-55-89(123-86(57-110-113-123)29-23-26-32-109-99(124)131-103(10,11)12)56-78(95(77)127-20)44-72-50-81(102(7,8)9)48-70(98(72)130-66-92-108-35-38-120(92)17)42-76-54-88(122-63-85(112-115-122)61-117(14)59-83-28-22-25-31-105-83)52-74(94(76)126-19)40-68(46-79)96(67)128-64-90-106-33-36-118(90)15/h21-22,24-25,27-28,30-31,33-38,45-57,62-63H,23,26,29,32,39-44,58-61,64-66H2,1-20H3,(H,109,124). The molecule has 28 heteroatoms. The molecule has 15 rings (SSSR count). The summed E-state index contributed by atoms with van der Waals surface area (Å²) in [4.78, 5) is 41.1. The summed E-state index contributed by atoms with van der Waals surface area (Å²) in [6.07, 6.45) is 24.2. The predicted octanol–water partition coefficient (Wildman–Crippen LogP) is 17.0. The summed E-state index contributed by atoms with van der Waals surface area (Å²) < 4.78 is 60.8. The lowest BCUT2D eigenvalue weighted by Gasteiger charge is -2.27. The lowest BCUT2D eigenvalue weighted by Crippen LogP contribution is -2.33. The number of alkyl carbamates (subject to hydrolysis) is 1. The molecule has 0 atom stereocenters. The second-order valence-electron chi connectivity index (χ2n) is 38.6. The zero-order chi connectivity index (χ0) is 92.6. The lowest BCUT2D eigenvalue weighted by molar-refractivity contribution is 0.0527. The Kier molecular flexibility index (Phi) is 27.9. The average molecular weight is 1770 g/mol. The van der Waals surface area contributed by atoms with Gasteiger partial charge in [-0.2, -0.15) is 0 Å². The number of aromatic nitrogens is 17. The van der Waals surface area contributed by atoms with Crippen molar-refractivity contribution >= 4 is 6.09 Å². The van der Waals surface area contributed by atoms with E-state index < -0.39 is 27.9 Å². The van der Waals surface area contributed by atoms with Crippen LogP contribution in [-0.4, -0.2) is 147 Å². The highest BCUT2D eigenvalue weighted by molar-refractivity contribution is 5.68. The van der Waals surface area contributed by atoms with E-state index in [-0.39, 0.29) is 19.8 Å². The molecule has 0 fully saturated rings. The van der Waals surface area contributed by atoms with Crippen LogP contribution in [0.2, 0.25) is 0 Å². The number of imidazole rings is 3. The second-order valence-corrected chi connectivity index (χ2v) is 38.6. The van der Waals surface area contributed by atoms with Gasteiger partial charge in [0.25, 0.3) is 0 Å². The zero-order valence-electron chi connectivity index (χ0n) is 79.5. The molecule has 8 aromatic heterocycles. The molecule has 0 aliphatic heterocycles. The monoisotopic (exact) mass is 1770 g/mol. The molecule has 684 valence electrons. The van der Waals surface area contributed by atoms with E-state index in [4.69, 9.17) is 73.9 Å². The third-order valence-corrected chi connectivity index (χ3v) is 23.9. The first-order chi connectivity index (χ1) is 62.7. The van der Waals surface area contributed by atoms with Crippen LogP contribution in [0.5, 0.6) is 34.5 Å². The molecule has 6 aromatic carbocycles. The Morgan fingerprint density at radius 2 is 0.740 bits per heavy atom. The fourth-order valence-electron chi connectivity index (χ4n) is 17.1. The molecule has 0 unspecified atom stereocenters. The Hall–Kier alpha value is -13.3. The molecule has 12 bridgehead atoms. The van der Waals surface area contributed by atoms with Crippen molar-refractivity contribution in [1.82, 2.24) is 98.7 Å². The summed E-state index contributed by atoms with van der Waals surface area (Å²) in [6, 6.07) is 38.9. The van der Waals surface area contributed by atoms with Gasteiger partial charge < -0.3 is 52.2 Å².